The third-order valence-corrected chi connectivity index (χ3v) is 6.15. The normalized spacial score (nSPS) is 18.6. The fourth-order valence-corrected chi connectivity index (χ4v) is 4.77. The molecule has 3 heterocycles. The van der Waals surface area contributed by atoms with E-state index in [1.54, 1.807) is 18.2 Å². The molecule has 0 radical (unpaired) electrons. The molecule has 2 aromatic heterocycles. The van der Waals surface area contributed by atoms with E-state index in [9.17, 15) is 14.9 Å². The number of hydrogen-bond donors (Lipinski definition) is 1. The summed E-state index contributed by atoms with van der Waals surface area (Å²) in [5, 5.41) is 14.2. The number of ether oxygens (including phenoxy) is 1. The summed E-state index contributed by atoms with van der Waals surface area (Å²) in [7, 11) is 0. The molecule has 1 unspecified atom stereocenters. The molecule has 4 rings (SSSR count). The molecule has 0 bridgehead atoms. The minimum Gasteiger partial charge on any atom is -0.465 e. The van der Waals surface area contributed by atoms with Gasteiger partial charge in [0.1, 0.15) is 22.9 Å². The summed E-state index contributed by atoms with van der Waals surface area (Å²) in [4.78, 5) is 30.8. The molecule has 1 fully saturated rings. The quantitative estimate of drug-likeness (QED) is 0.743. The molecule has 8 nitrogen and oxygen atoms in total. The molecule has 1 saturated heterocycles. The second-order valence-corrected chi connectivity index (χ2v) is 8.15. The maximum Gasteiger partial charge on any atom is 0.434 e. The molecule has 1 N–H and O–H groups in total. The van der Waals surface area contributed by atoms with Gasteiger partial charge < -0.3 is 14.5 Å². The zero-order valence-corrected chi connectivity index (χ0v) is 17.1. The molecule has 1 atom stereocenters. The van der Waals surface area contributed by atoms with Gasteiger partial charge in [-0.2, -0.15) is 10.3 Å². The van der Waals surface area contributed by atoms with Gasteiger partial charge in [-0.25, -0.2) is 4.79 Å². The van der Waals surface area contributed by atoms with Crippen LogP contribution in [0.5, 0.6) is 0 Å². The molecule has 2 aromatic rings. The molecule has 0 saturated carbocycles. The van der Waals surface area contributed by atoms with E-state index in [0.717, 1.165) is 23.3 Å². The van der Waals surface area contributed by atoms with Crippen molar-refractivity contribution in [1.29, 1.82) is 5.26 Å². The van der Waals surface area contributed by atoms with Crippen LogP contribution in [0, 0.1) is 11.3 Å². The minimum atomic E-state index is -0.461. The highest BCUT2D eigenvalue weighted by Crippen LogP contribution is 2.38. The summed E-state index contributed by atoms with van der Waals surface area (Å²) in [6, 6.07) is 5.68. The van der Waals surface area contributed by atoms with Crippen LogP contribution in [0.2, 0.25) is 0 Å². The number of nitrogens with zero attached hydrogens (tertiary/aromatic N) is 2. The number of amides is 2. The zero-order valence-electron chi connectivity index (χ0n) is 16.3. The molecule has 30 heavy (non-hydrogen) atoms. The van der Waals surface area contributed by atoms with Gasteiger partial charge in [-0.1, -0.05) is 0 Å². The molecule has 0 aromatic carbocycles. The second kappa shape index (κ2) is 9.15. The van der Waals surface area contributed by atoms with Gasteiger partial charge in [0.05, 0.1) is 25.0 Å². The van der Waals surface area contributed by atoms with Crippen molar-refractivity contribution in [3.8, 4) is 6.07 Å². The van der Waals surface area contributed by atoms with E-state index in [1.807, 2.05) is 0 Å². The molecule has 0 spiro atoms. The number of hydrogen-bond acceptors (Lipinski definition) is 7. The number of fused-ring (bicyclic) bond motifs is 1. The SMILES string of the molecule is N#Cc1c(NC(=O)C=Cc2ccco2)sc2c1CCC(OC(=O)N1CCCCO1)C2. The molecule has 1 aliphatic carbocycles. The Kier molecular flexibility index (Phi) is 6.16. The maximum absolute atomic E-state index is 12.3. The van der Waals surface area contributed by atoms with E-state index in [4.69, 9.17) is 14.0 Å². The van der Waals surface area contributed by atoms with Gasteiger partial charge in [0.2, 0.25) is 5.91 Å². The van der Waals surface area contributed by atoms with Crippen LogP contribution < -0.4 is 5.32 Å². The second-order valence-electron chi connectivity index (χ2n) is 7.05. The number of anilines is 1. The van der Waals surface area contributed by atoms with Crippen molar-refractivity contribution >= 4 is 34.4 Å². The molecule has 9 heteroatoms. The Morgan fingerprint density at radius 1 is 1.40 bits per heavy atom. The number of nitrogens with one attached hydrogen (secondary N) is 1. The lowest BCUT2D eigenvalue weighted by atomic mass is 9.94. The third kappa shape index (κ3) is 4.56. The summed E-state index contributed by atoms with van der Waals surface area (Å²) < 4.78 is 10.8. The number of furan rings is 1. The minimum absolute atomic E-state index is 0.275. The fourth-order valence-electron chi connectivity index (χ4n) is 3.50. The van der Waals surface area contributed by atoms with Crippen molar-refractivity contribution in [2.24, 2.45) is 0 Å². The summed E-state index contributed by atoms with van der Waals surface area (Å²) in [5.74, 6) is 0.227. The van der Waals surface area contributed by atoms with Crippen molar-refractivity contribution in [2.45, 2.75) is 38.2 Å². The standard InChI is InChI=1S/C21H21N3O5S/c22-13-17-16-7-5-15(29-21(26)24-9-1-2-11-28-24)12-18(16)30-20(17)23-19(25)8-6-14-4-3-10-27-14/h3-4,6,8,10,15H,1-2,5,7,9,11-12H2,(H,23,25). The first-order chi connectivity index (χ1) is 14.6. The highest BCUT2D eigenvalue weighted by molar-refractivity contribution is 7.16. The first kappa shape index (κ1) is 20.2. The first-order valence-corrected chi connectivity index (χ1v) is 10.6. The summed E-state index contributed by atoms with van der Waals surface area (Å²) >= 11 is 1.36. The lowest BCUT2D eigenvalue weighted by Crippen LogP contribution is -2.39. The van der Waals surface area contributed by atoms with Crippen molar-refractivity contribution in [2.75, 3.05) is 18.5 Å². The zero-order chi connectivity index (χ0) is 20.9. The van der Waals surface area contributed by atoms with Crippen molar-refractivity contribution in [1.82, 2.24) is 5.06 Å². The van der Waals surface area contributed by atoms with E-state index >= 15 is 0 Å². The molecular weight excluding hydrogens is 406 g/mol. The van der Waals surface area contributed by atoms with Gasteiger partial charge in [-0.05, 0) is 49.5 Å². The predicted molar refractivity (Wildman–Crippen MR) is 110 cm³/mol. The van der Waals surface area contributed by atoms with Crippen molar-refractivity contribution in [3.05, 3.63) is 46.2 Å². The van der Waals surface area contributed by atoms with Crippen LogP contribution in [-0.2, 0) is 27.2 Å². The Morgan fingerprint density at radius 3 is 3.03 bits per heavy atom. The molecular formula is C21H21N3O5S. The number of rotatable bonds is 4. The Morgan fingerprint density at radius 2 is 2.30 bits per heavy atom. The van der Waals surface area contributed by atoms with Crippen molar-refractivity contribution < 1.29 is 23.6 Å². The highest BCUT2D eigenvalue weighted by atomic mass is 32.1. The predicted octanol–water partition coefficient (Wildman–Crippen LogP) is 3.89. The van der Waals surface area contributed by atoms with E-state index in [0.29, 0.717) is 48.7 Å². The van der Waals surface area contributed by atoms with E-state index in [2.05, 4.69) is 11.4 Å². The third-order valence-electron chi connectivity index (χ3n) is 4.98. The Hall–Kier alpha value is -3.09. The van der Waals surface area contributed by atoms with Gasteiger partial charge in [0, 0.05) is 17.4 Å². The van der Waals surface area contributed by atoms with Crippen LogP contribution >= 0.6 is 11.3 Å². The average Bonchev–Trinajstić information content (AvgIpc) is 3.39. The Labute approximate surface area is 177 Å². The first-order valence-electron chi connectivity index (χ1n) is 9.82. The maximum atomic E-state index is 12.3. The van der Waals surface area contributed by atoms with Gasteiger partial charge in [-0.3, -0.25) is 9.63 Å². The lowest BCUT2D eigenvalue weighted by molar-refractivity contribution is -0.161. The average molecular weight is 427 g/mol. The van der Waals surface area contributed by atoms with Crippen LogP contribution in [0.15, 0.2) is 28.9 Å². The van der Waals surface area contributed by atoms with Crippen LogP contribution in [0.3, 0.4) is 0 Å². The summed E-state index contributed by atoms with van der Waals surface area (Å²) in [6.45, 7) is 1.06. The van der Waals surface area contributed by atoms with Crippen LogP contribution in [0.1, 0.15) is 41.0 Å². The number of thiophene rings is 1. The largest absolute Gasteiger partial charge is 0.465 e. The van der Waals surface area contributed by atoms with Crippen LogP contribution in [0.25, 0.3) is 6.08 Å². The van der Waals surface area contributed by atoms with Gasteiger partial charge in [0.15, 0.2) is 0 Å². The summed E-state index contributed by atoms with van der Waals surface area (Å²) in [6.07, 6.45) is 7.32. The fraction of sp³-hybridized carbons (Fsp3) is 0.381. The monoisotopic (exact) mass is 427 g/mol. The van der Waals surface area contributed by atoms with E-state index in [1.165, 1.54) is 28.7 Å². The van der Waals surface area contributed by atoms with E-state index in [-0.39, 0.29) is 12.0 Å². The molecule has 156 valence electrons. The lowest BCUT2D eigenvalue weighted by Gasteiger charge is -2.28. The van der Waals surface area contributed by atoms with Gasteiger partial charge >= 0.3 is 6.09 Å². The number of carbonyl (C=O) groups excluding carboxylic acids is 2. The Bertz CT molecular complexity index is 983. The number of hydroxylamine groups is 2. The number of nitriles is 1. The topological polar surface area (TPSA) is 105 Å². The van der Waals surface area contributed by atoms with Crippen LogP contribution in [-0.4, -0.2) is 36.3 Å². The molecule has 2 aliphatic rings. The van der Waals surface area contributed by atoms with E-state index < -0.39 is 6.09 Å². The van der Waals surface area contributed by atoms with Gasteiger partial charge in [0.25, 0.3) is 0 Å². The highest BCUT2D eigenvalue weighted by Gasteiger charge is 2.30. The van der Waals surface area contributed by atoms with Crippen molar-refractivity contribution in [3.63, 3.8) is 0 Å². The molecule has 2 amide bonds. The molecule has 1 aliphatic heterocycles. The number of carbonyl (C=O) groups is 2. The van der Waals surface area contributed by atoms with Crippen LogP contribution in [0.4, 0.5) is 9.80 Å². The summed E-state index contributed by atoms with van der Waals surface area (Å²) in [5.41, 5.74) is 1.41. The smallest absolute Gasteiger partial charge is 0.434 e. The Balaban J connectivity index is 1.41. The van der Waals surface area contributed by atoms with Gasteiger partial charge in [-0.15, -0.1) is 11.3 Å².